The fourth-order valence-corrected chi connectivity index (χ4v) is 2.85. The first-order valence-corrected chi connectivity index (χ1v) is 7.34. The number of amides is 1. The second-order valence-electron chi connectivity index (χ2n) is 5.74. The van der Waals surface area contributed by atoms with Crippen LogP contribution in [-0.2, 0) is 4.79 Å². The van der Waals surface area contributed by atoms with Crippen molar-refractivity contribution in [3.63, 3.8) is 0 Å². The highest BCUT2D eigenvalue weighted by molar-refractivity contribution is 5.78. The zero-order chi connectivity index (χ0) is 14.8. The minimum absolute atomic E-state index is 0.0744. The fraction of sp³-hybridized carbons (Fsp3) is 0.467. The highest BCUT2D eigenvalue weighted by Crippen LogP contribution is 2.18. The third-order valence-corrected chi connectivity index (χ3v) is 4.05. The number of nitrogens with one attached hydrogen (secondary N) is 4. The molecule has 112 valence electrons. The van der Waals surface area contributed by atoms with Crippen LogP contribution in [0.15, 0.2) is 23.0 Å². The molecule has 4 N–H and O–H groups in total. The molecule has 0 saturated carbocycles. The SMILES string of the molecule is CC(NC(=O)CC1CCNC1)c1ccc2[nH]c(=O)[nH]c2c1. The van der Waals surface area contributed by atoms with E-state index in [1.807, 2.05) is 25.1 Å². The Labute approximate surface area is 122 Å². The van der Waals surface area contributed by atoms with Crippen LogP contribution < -0.4 is 16.3 Å². The van der Waals surface area contributed by atoms with Crippen LogP contribution in [0.5, 0.6) is 0 Å². The van der Waals surface area contributed by atoms with Gasteiger partial charge in [0, 0.05) is 6.42 Å². The molecule has 6 nitrogen and oxygen atoms in total. The molecule has 1 aromatic heterocycles. The summed E-state index contributed by atoms with van der Waals surface area (Å²) in [5, 5.41) is 6.29. The maximum absolute atomic E-state index is 12.0. The second-order valence-corrected chi connectivity index (χ2v) is 5.74. The van der Waals surface area contributed by atoms with Gasteiger partial charge in [-0.1, -0.05) is 6.07 Å². The Bertz CT molecular complexity index is 697. The highest BCUT2D eigenvalue weighted by Gasteiger charge is 2.19. The fourth-order valence-electron chi connectivity index (χ4n) is 2.85. The number of aromatic nitrogens is 2. The lowest BCUT2D eigenvalue weighted by atomic mass is 10.0. The molecule has 2 heterocycles. The van der Waals surface area contributed by atoms with E-state index in [4.69, 9.17) is 0 Å². The van der Waals surface area contributed by atoms with Gasteiger partial charge in [-0.2, -0.15) is 0 Å². The summed E-state index contributed by atoms with van der Waals surface area (Å²) in [6, 6.07) is 5.60. The molecular weight excluding hydrogens is 268 g/mol. The molecule has 0 spiro atoms. The van der Waals surface area contributed by atoms with Gasteiger partial charge in [-0.05, 0) is 50.0 Å². The van der Waals surface area contributed by atoms with E-state index in [2.05, 4.69) is 20.6 Å². The summed E-state index contributed by atoms with van der Waals surface area (Å²) in [4.78, 5) is 28.7. The number of carbonyl (C=O) groups excluding carboxylic acids is 1. The van der Waals surface area contributed by atoms with Gasteiger partial charge in [-0.25, -0.2) is 4.79 Å². The third kappa shape index (κ3) is 3.16. The first kappa shape index (κ1) is 13.9. The van der Waals surface area contributed by atoms with Gasteiger partial charge in [0.15, 0.2) is 0 Å². The van der Waals surface area contributed by atoms with Gasteiger partial charge in [-0.15, -0.1) is 0 Å². The number of rotatable bonds is 4. The summed E-state index contributed by atoms with van der Waals surface area (Å²) in [7, 11) is 0. The standard InChI is InChI=1S/C15H20N4O2/c1-9(17-14(20)6-10-4-5-16-8-10)11-2-3-12-13(7-11)19-15(21)18-12/h2-3,7,9-10,16H,4-6,8H2,1H3,(H,17,20)(H2,18,19,21). The number of hydrogen-bond acceptors (Lipinski definition) is 3. The number of H-pyrrole nitrogens is 2. The van der Waals surface area contributed by atoms with Crippen LogP contribution in [0.2, 0.25) is 0 Å². The van der Waals surface area contributed by atoms with E-state index in [0.29, 0.717) is 12.3 Å². The Kier molecular flexibility index (Phi) is 3.79. The third-order valence-electron chi connectivity index (χ3n) is 4.05. The molecule has 2 aromatic rings. The quantitative estimate of drug-likeness (QED) is 0.677. The van der Waals surface area contributed by atoms with E-state index in [1.165, 1.54) is 0 Å². The van der Waals surface area contributed by atoms with Crippen LogP contribution in [0.25, 0.3) is 11.0 Å². The smallest absolute Gasteiger partial charge is 0.323 e. The molecule has 1 fully saturated rings. The van der Waals surface area contributed by atoms with Gasteiger partial charge < -0.3 is 20.6 Å². The van der Waals surface area contributed by atoms with E-state index in [9.17, 15) is 9.59 Å². The molecule has 2 unspecified atom stereocenters. The number of fused-ring (bicyclic) bond motifs is 1. The summed E-state index contributed by atoms with van der Waals surface area (Å²) in [6.07, 6.45) is 1.64. The maximum Gasteiger partial charge on any atom is 0.323 e. The molecule has 2 atom stereocenters. The predicted molar refractivity (Wildman–Crippen MR) is 81.1 cm³/mol. The van der Waals surface area contributed by atoms with E-state index < -0.39 is 0 Å². The van der Waals surface area contributed by atoms with E-state index in [0.717, 1.165) is 36.1 Å². The molecule has 21 heavy (non-hydrogen) atoms. The van der Waals surface area contributed by atoms with E-state index >= 15 is 0 Å². The van der Waals surface area contributed by atoms with Crippen molar-refractivity contribution < 1.29 is 4.79 Å². The van der Waals surface area contributed by atoms with Crippen LogP contribution >= 0.6 is 0 Å². The Morgan fingerprint density at radius 2 is 2.19 bits per heavy atom. The van der Waals surface area contributed by atoms with Crippen molar-refractivity contribution in [1.29, 1.82) is 0 Å². The predicted octanol–water partition coefficient (Wildman–Crippen LogP) is 1.03. The molecular formula is C15H20N4O2. The molecule has 0 radical (unpaired) electrons. The number of carbonyl (C=O) groups is 1. The van der Waals surface area contributed by atoms with Gasteiger partial charge in [-0.3, -0.25) is 4.79 Å². The lowest BCUT2D eigenvalue weighted by Gasteiger charge is -2.16. The van der Waals surface area contributed by atoms with Crippen molar-refractivity contribution >= 4 is 16.9 Å². The maximum atomic E-state index is 12.0. The summed E-state index contributed by atoms with van der Waals surface area (Å²) in [5.41, 5.74) is 2.31. The molecule has 1 aliphatic rings. The molecule has 1 amide bonds. The first-order chi connectivity index (χ1) is 10.1. The summed E-state index contributed by atoms with van der Waals surface area (Å²) in [5.74, 6) is 0.527. The van der Waals surface area contributed by atoms with Crippen molar-refractivity contribution in [3.8, 4) is 0 Å². The van der Waals surface area contributed by atoms with Crippen LogP contribution in [0.1, 0.15) is 31.4 Å². The minimum atomic E-state index is -0.215. The van der Waals surface area contributed by atoms with E-state index in [1.54, 1.807) is 0 Å². The molecule has 1 aliphatic heterocycles. The number of imidazole rings is 1. The van der Waals surface area contributed by atoms with Crippen LogP contribution in [0, 0.1) is 5.92 Å². The largest absolute Gasteiger partial charge is 0.350 e. The van der Waals surface area contributed by atoms with Gasteiger partial charge in [0.2, 0.25) is 5.91 Å². The lowest BCUT2D eigenvalue weighted by molar-refractivity contribution is -0.122. The van der Waals surface area contributed by atoms with E-state index in [-0.39, 0.29) is 17.6 Å². The van der Waals surface area contributed by atoms with Crippen molar-refractivity contribution in [1.82, 2.24) is 20.6 Å². The molecule has 1 aromatic carbocycles. The van der Waals surface area contributed by atoms with Gasteiger partial charge >= 0.3 is 5.69 Å². The Morgan fingerprint density at radius 3 is 2.95 bits per heavy atom. The van der Waals surface area contributed by atoms with Crippen molar-refractivity contribution in [2.45, 2.75) is 25.8 Å². The van der Waals surface area contributed by atoms with Gasteiger partial charge in [0.05, 0.1) is 17.1 Å². The summed E-state index contributed by atoms with van der Waals surface area (Å²) in [6.45, 7) is 3.89. The molecule has 0 bridgehead atoms. The normalized spacial score (nSPS) is 19.8. The second kappa shape index (κ2) is 5.73. The Hall–Kier alpha value is -2.08. The van der Waals surface area contributed by atoms with Crippen molar-refractivity contribution in [2.24, 2.45) is 5.92 Å². The van der Waals surface area contributed by atoms with Crippen LogP contribution in [-0.4, -0.2) is 29.0 Å². The summed E-state index contributed by atoms with van der Waals surface area (Å²) >= 11 is 0. The summed E-state index contributed by atoms with van der Waals surface area (Å²) < 4.78 is 0. The molecule has 6 heteroatoms. The van der Waals surface area contributed by atoms with Gasteiger partial charge in [0.1, 0.15) is 0 Å². The molecule has 0 aliphatic carbocycles. The van der Waals surface area contributed by atoms with Gasteiger partial charge in [0.25, 0.3) is 0 Å². The number of benzene rings is 1. The highest BCUT2D eigenvalue weighted by atomic mass is 16.1. The zero-order valence-corrected chi connectivity index (χ0v) is 12.0. The number of hydrogen-bond donors (Lipinski definition) is 4. The number of aromatic amines is 2. The average molecular weight is 288 g/mol. The van der Waals surface area contributed by atoms with Crippen LogP contribution in [0.3, 0.4) is 0 Å². The van der Waals surface area contributed by atoms with Crippen molar-refractivity contribution in [3.05, 3.63) is 34.2 Å². The van der Waals surface area contributed by atoms with Crippen molar-refractivity contribution in [2.75, 3.05) is 13.1 Å². The zero-order valence-electron chi connectivity index (χ0n) is 12.0. The molecule has 1 saturated heterocycles. The minimum Gasteiger partial charge on any atom is -0.350 e. The molecule has 3 rings (SSSR count). The topological polar surface area (TPSA) is 89.8 Å². The lowest BCUT2D eigenvalue weighted by Crippen LogP contribution is -2.28. The van der Waals surface area contributed by atoms with Crippen LogP contribution in [0.4, 0.5) is 0 Å². The monoisotopic (exact) mass is 288 g/mol. The first-order valence-electron chi connectivity index (χ1n) is 7.34. The average Bonchev–Trinajstić information content (AvgIpc) is 3.05. The Morgan fingerprint density at radius 1 is 1.38 bits per heavy atom. The Balaban J connectivity index is 1.66.